The summed E-state index contributed by atoms with van der Waals surface area (Å²) in [7, 11) is 1.84. The van der Waals surface area contributed by atoms with Gasteiger partial charge in [0.05, 0.1) is 0 Å². The van der Waals surface area contributed by atoms with Crippen molar-refractivity contribution in [3.8, 4) is 0 Å². The third kappa shape index (κ3) is 3.08. The van der Waals surface area contributed by atoms with Crippen LogP contribution in [0.25, 0.3) is 0 Å². The third-order valence-corrected chi connectivity index (χ3v) is 2.86. The van der Waals surface area contributed by atoms with Gasteiger partial charge in [-0.25, -0.2) is 0 Å². The molecule has 0 aliphatic carbocycles. The number of carbonyl (C=O) groups is 1. The number of halogens is 1. The van der Waals surface area contributed by atoms with Crippen LogP contribution >= 0.6 is 15.9 Å². The molecule has 1 rings (SSSR count). The van der Waals surface area contributed by atoms with E-state index in [1.165, 1.54) is 0 Å². The summed E-state index contributed by atoms with van der Waals surface area (Å²) in [5, 5.41) is 0. The van der Waals surface area contributed by atoms with Gasteiger partial charge in [-0.3, -0.25) is 4.79 Å². The molecule has 1 amide bonds. The summed E-state index contributed by atoms with van der Waals surface area (Å²) in [6.07, 6.45) is 0. The van der Waals surface area contributed by atoms with Gasteiger partial charge in [-0.1, -0.05) is 41.1 Å². The molecular weight excluding hydrogens is 266 g/mol. The monoisotopic (exact) mass is 283 g/mol. The fourth-order valence-electron chi connectivity index (χ4n) is 1.80. The highest BCUT2D eigenvalue weighted by Crippen LogP contribution is 2.16. The maximum absolute atomic E-state index is 12.2. The van der Waals surface area contributed by atoms with Crippen molar-refractivity contribution in [2.75, 3.05) is 13.6 Å². The van der Waals surface area contributed by atoms with E-state index in [1.54, 1.807) is 4.90 Å². The molecule has 2 nitrogen and oxygen atoms in total. The summed E-state index contributed by atoms with van der Waals surface area (Å²) in [5.74, 6) is 0.0990. The second-order valence-corrected chi connectivity index (χ2v) is 5.80. The second-order valence-electron chi connectivity index (χ2n) is 4.23. The van der Waals surface area contributed by atoms with Gasteiger partial charge in [0.15, 0.2) is 0 Å². The Kier molecular flexibility index (Phi) is 4.54. The Bertz CT molecular complexity index is 367. The first-order valence-electron chi connectivity index (χ1n) is 5.39. The number of hydrogen-bond acceptors (Lipinski definition) is 1. The van der Waals surface area contributed by atoms with Crippen LogP contribution in [0.3, 0.4) is 0 Å². The molecule has 88 valence electrons. The molecular formula is C13H18BrNO. The minimum atomic E-state index is 0.0990. The topological polar surface area (TPSA) is 20.3 Å². The lowest BCUT2D eigenvalue weighted by Gasteiger charge is -2.20. The summed E-state index contributed by atoms with van der Waals surface area (Å²) < 4.78 is 0. The van der Waals surface area contributed by atoms with Crippen molar-refractivity contribution < 1.29 is 4.79 Å². The Morgan fingerprint density at radius 3 is 2.31 bits per heavy atom. The molecule has 3 heteroatoms. The van der Waals surface area contributed by atoms with Gasteiger partial charge in [0.1, 0.15) is 0 Å². The highest BCUT2D eigenvalue weighted by molar-refractivity contribution is 9.09. The fraction of sp³-hybridized carbons (Fsp3) is 0.462. The van der Waals surface area contributed by atoms with Crippen LogP contribution in [-0.4, -0.2) is 29.2 Å². The van der Waals surface area contributed by atoms with Gasteiger partial charge in [0.2, 0.25) is 0 Å². The first-order chi connectivity index (χ1) is 7.43. The zero-order valence-electron chi connectivity index (χ0n) is 10.2. The molecule has 0 spiro atoms. The number of benzene rings is 1. The van der Waals surface area contributed by atoms with Crippen LogP contribution in [0.5, 0.6) is 0 Å². The quantitative estimate of drug-likeness (QED) is 0.781. The SMILES string of the molecule is Cc1cccc(C)c1C(=O)N(C)CC(C)Br. The maximum atomic E-state index is 12.2. The van der Waals surface area contributed by atoms with E-state index in [2.05, 4.69) is 15.9 Å². The first kappa shape index (κ1) is 13.2. The van der Waals surface area contributed by atoms with E-state index in [0.717, 1.165) is 16.7 Å². The average Bonchev–Trinajstić information content (AvgIpc) is 2.16. The molecule has 0 saturated carbocycles. The third-order valence-electron chi connectivity index (χ3n) is 2.57. The molecule has 1 aromatic rings. The summed E-state index contributed by atoms with van der Waals surface area (Å²) >= 11 is 3.46. The van der Waals surface area contributed by atoms with E-state index in [-0.39, 0.29) is 5.91 Å². The van der Waals surface area contributed by atoms with E-state index >= 15 is 0 Å². The van der Waals surface area contributed by atoms with Crippen LogP contribution in [0.1, 0.15) is 28.4 Å². The van der Waals surface area contributed by atoms with Crippen molar-refractivity contribution in [2.24, 2.45) is 0 Å². The number of hydrogen-bond donors (Lipinski definition) is 0. The van der Waals surface area contributed by atoms with Crippen LogP contribution in [-0.2, 0) is 0 Å². The minimum Gasteiger partial charge on any atom is -0.341 e. The largest absolute Gasteiger partial charge is 0.341 e. The van der Waals surface area contributed by atoms with E-state index in [4.69, 9.17) is 0 Å². The van der Waals surface area contributed by atoms with Gasteiger partial charge in [0.25, 0.3) is 5.91 Å². The van der Waals surface area contributed by atoms with E-state index in [0.29, 0.717) is 11.4 Å². The standard InChI is InChI=1S/C13H18BrNO/c1-9-6-5-7-10(2)12(9)13(16)15(4)8-11(3)14/h5-7,11H,8H2,1-4H3. The van der Waals surface area contributed by atoms with Gasteiger partial charge in [-0.2, -0.15) is 0 Å². The van der Waals surface area contributed by atoms with E-state index in [9.17, 15) is 4.79 Å². The van der Waals surface area contributed by atoms with Gasteiger partial charge in [-0.05, 0) is 25.0 Å². The Labute approximate surface area is 106 Å². The molecule has 1 atom stereocenters. The lowest BCUT2D eigenvalue weighted by Crippen LogP contribution is -2.32. The number of carbonyl (C=O) groups excluding carboxylic acids is 1. The number of aryl methyl sites for hydroxylation is 2. The van der Waals surface area contributed by atoms with Crippen LogP contribution < -0.4 is 0 Å². The molecule has 16 heavy (non-hydrogen) atoms. The molecule has 1 aromatic carbocycles. The first-order valence-corrected chi connectivity index (χ1v) is 6.30. The lowest BCUT2D eigenvalue weighted by molar-refractivity contribution is 0.0796. The Morgan fingerprint density at radius 2 is 1.88 bits per heavy atom. The Hall–Kier alpha value is -0.830. The minimum absolute atomic E-state index is 0.0990. The average molecular weight is 284 g/mol. The molecule has 0 N–H and O–H groups in total. The number of amides is 1. The van der Waals surface area contributed by atoms with Crippen molar-refractivity contribution in [3.05, 3.63) is 34.9 Å². The van der Waals surface area contributed by atoms with Crippen molar-refractivity contribution in [3.63, 3.8) is 0 Å². The molecule has 0 aliphatic rings. The molecule has 1 unspecified atom stereocenters. The predicted molar refractivity (Wildman–Crippen MR) is 71.3 cm³/mol. The van der Waals surface area contributed by atoms with Gasteiger partial charge in [0, 0.05) is 24.0 Å². The van der Waals surface area contributed by atoms with Gasteiger partial charge >= 0.3 is 0 Å². The molecule has 0 aliphatic heterocycles. The van der Waals surface area contributed by atoms with E-state index in [1.807, 2.05) is 46.0 Å². The summed E-state index contributed by atoms with van der Waals surface area (Å²) in [4.78, 5) is 14.3. The Balaban J connectivity index is 2.96. The summed E-state index contributed by atoms with van der Waals surface area (Å²) in [6.45, 7) is 6.71. The maximum Gasteiger partial charge on any atom is 0.254 e. The normalized spacial score (nSPS) is 12.3. The zero-order chi connectivity index (χ0) is 12.3. The molecule has 0 bridgehead atoms. The molecule has 0 heterocycles. The summed E-state index contributed by atoms with van der Waals surface area (Å²) in [5.41, 5.74) is 2.91. The van der Waals surface area contributed by atoms with Crippen LogP contribution in [0.2, 0.25) is 0 Å². The smallest absolute Gasteiger partial charge is 0.254 e. The number of nitrogens with zero attached hydrogens (tertiary/aromatic N) is 1. The zero-order valence-corrected chi connectivity index (χ0v) is 11.8. The van der Waals surface area contributed by atoms with Crippen molar-refractivity contribution in [1.29, 1.82) is 0 Å². The van der Waals surface area contributed by atoms with Crippen molar-refractivity contribution >= 4 is 21.8 Å². The van der Waals surface area contributed by atoms with Crippen LogP contribution in [0, 0.1) is 13.8 Å². The number of rotatable bonds is 3. The number of alkyl halides is 1. The molecule has 0 aromatic heterocycles. The van der Waals surface area contributed by atoms with Crippen molar-refractivity contribution in [1.82, 2.24) is 4.90 Å². The molecule has 0 radical (unpaired) electrons. The predicted octanol–water partition coefficient (Wildman–Crippen LogP) is 3.16. The lowest BCUT2D eigenvalue weighted by atomic mass is 10.0. The van der Waals surface area contributed by atoms with Gasteiger partial charge < -0.3 is 4.90 Å². The summed E-state index contributed by atoms with van der Waals surface area (Å²) in [6, 6.07) is 5.94. The highest BCUT2D eigenvalue weighted by Gasteiger charge is 2.16. The fourth-order valence-corrected chi connectivity index (χ4v) is 2.24. The van der Waals surface area contributed by atoms with Crippen LogP contribution in [0.15, 0.2) is 18.2 Å². The second kappa shape index (κ2) is 5.48. The Morgan fingerprint density at radius 1 is 1.38 bits per heavy atom. The van der Waals surface area contributed by atoms with Gasteiger partial charge in [-0.15, -0.1) is 0 Å². The van der Waals surface area contributed by atoms with Crippen molar-refractivity contribution in [2.45, 2.75) is 25.6 Å². The van der Waals surface area contributed by atoms with Crippen LogP contribution in [0.4, 0.5) is 0 Å². The highest BCUT2D eigenvalue weighted by atomic mass is 79.9. The molecule has 0 fully saturated rings. The van der Waals surface area contributed by atoms with E-state index < -0.39 is 0 Å². The molecule has 0 saturated heterocycles.